The molecule has 1 amide bonds. The number of amides is 1. The third kappa shape index (κ3) is 5.36. The lowest BCUT2D eigenvalue weighted by molar-refractivity contribution is -0.123. The topological polar surface area (TPSA) is 114 Å². The van der Waals surface area contributed by atoms with E-state index >= 15 is 0 Å². The molecule has 1 N–H and O–H groups in total. The second kappa shape index (κ2) is 9.92. The van der Waals surface area contributed by atoms with Crippen LogP contribution in [0.1, 0.15) is 50.0 Å². The fourth-order valence-electron chi connectivity index (χ4n) is 3.61. The lowest BCUT2D eigenvalue weighted by Gasteiger charge is -2.23. The maximum atomic E-state index is 13.1. The van der Waals surface area contributed by atoms with Gasteiger partial charge in [-0.2, -0.15) is 5.10 Å². The minimum absolute atomic E-state index is 0.0136. The van der Waals surface area contributed by atoms with E-state index in [9.17, 15) is 18.0 Å². The zero-order valence-electron chi connectivity index (χ0n) is 19.6. The lowest BCUT2D eigenvalue weighted by atomic mass is 10.1. The van der Waals surface area contributed by atoms with Crippen LogP contribution in [0.5, 0.6) is 0 Å². The van der Waals surface area contributed by atoms with E-state index < -0.39 is 28.0 Å². The average molecular weight is 478 g/mol. The number of ether oxygens (including phenoxy) is 1. The second-order valence-electron chi connectivity index (χ2n) is 8.45. The van der Waals surface area contributed by atoms with Gasteiger partial charge in [-0.05, 0) is 51.8 Å². The van der Waals surface area contributed by atoms with Gasteiger partial charge in [-0.3, -0.25) is 4.79 Å². The van der Waals surface area contributed by atoms with Crippen molar-refractivity contribution in [1.82, 2.24) is 14.1 Å². The first-order valence-corrected chi connectivity index (χ1v) is 12.3. The first kappa shape index (κ1) is 24.7. The number of esters is 1. The van der Waals surface area contributed by atoms with Gasteiger partial charge in [0.2, 0.25) is 10.0 Å². The zero-order valence-corrected chi connectivity index (χ0v) is 20.4. The molecule has 2 aromatic rings. The van der Waals surface area contributed by atoms with Gasteiger partial charge in [0.05, 0.1) is 22.3 Å². The summed E-state index contributed by atoms with van der Waals surface area (Å²) in [6.07, 6.45) is 2.43. The van der Waals surface area contributed by atoms with Crippen molar-refractivity contribution in [2.75, 3.05) is 37.4 Å². The number of sulfonamides is 1. The summed E-state index contributed by atoms with van der Waals surface area (Å²) in [5, 5.41) is 6.89. The number of carbonyl (C=O) groups excluding carboxylic acids is 2. The number of benzene rings is 1. The summed E-state index contributed by atoms with van der Waals surface area (Å²) in [6.45, 7) is 6.85. The molecular weight excluding hydrogens is 446 g/mol. The van der Waals surface area contributed by atoms with Crippen LogP contribution >= 0.6 is 0 Å². The Morgan fingerprint density at radius 1 is 1.12 bits per heavy atom. The van der Waals surface area contributed by atoms with Gasteiger partial charge in [-0.25, -0.2) is 22.2 Å². The van der Waals surface area contributed by atoms with Crippen molar-refractivity contribution in [2.24, 2.45) is 0 Å². The fourth-order valence-corrected chi connectivity index (χ4v) is 4.54. The highest BCUT2D eigenvalue weighted by atomic mass is 32.2. The Hall–Kier alpha value is -2.92. The van der Waals surface area contributed by atoms with Crippen molar-refractivity contribution >= 4 is 33.4 Å². The summed E-state index contributed by atoms with van der Waals surface area (Å²) < 4.78 is 33.4. The molecule has 0 aliphatic carbocycles. The molecule has 2 heterocycles. The molecular formula is C22H31N5O5S. The summed E-state index contributed by atoms with van der Waals surface area (Å²) in [6, 6.07) is 6.14. The maximum absolute atomic E-state index is 13.1. The molecule has 0 saturated carbocycles. The number of carbonyl (C=O) groups is 2. The lowest BCUT2D eigenvalue weighted by Crippen LogP contribution is -2.32. The monoisotopic (exact) mass is 477 g/mol. The summed E-state index contributed by atoms with van der Waals surface area (Å²) in [5.74, 6) is -0.770. The van der Waals surface area contributed by atoms with Crippen LogP contribution in [0, 0.1) is 0 Å². The van der Waals surface area contributed by atoms with Gasteiger partial charge in [0.15, 0.2) is 6.10 Å². The maximum Gasteiger partial charge on any atom is 0.341 e. The van der Waals surface area contributed by atoms with Crippen LogP contribution in [0.2, 0.25) is 0 Å². The van der Waals surface area contributed by atoms with Crippen LogP contribution in [-0.4, -0.2) is 67.7 Å². The van der Waals surface area contributed by atoms with Crippen LogP contribution in [0.3, 0.4) is 0 Å². The first-order valence-electron chi connectivity index (χ1n) is 10.9. The SMILES string of the molecule is CC(C)n1nccc1NC(=O)[C@@H](C)OC(=O)c1cc(S(=O)(=O)N(C)C)ccc1N1CCCC1. The van der Waals surface area contributed by atoms with E-state index in [1.165, 1.54) is 33.2 Å². The Bertz CT molecular complexity index is 1120. The normalized spacial score (nSPS) is 15.2. The van der Waals surface area contributed by atoms with Crippen LogP contribution in [0.25, 0.3) is 0 Å². The number of hydrogen-bond donors (Lipinski definition) is 1. The molecule has 11 heteroatoms. The number of hydrogen-bond acceptors (Lipinski definition) is 7. The minimum Gasteiger partial charge on any atom is -0.449 e. The Morgan fingerprint density at radius 3 is 2.39 bits per heavy atom. The van der Waals surface area contributed by atoms with Crippen molar-refractivity contribution in [3.05, 3.63) is 36.0 Å². The fraction of sp³-hybridized carbons (Fsp3) is 0.500. The molecule has 1 aliphatic heterocycles. The van der Waals surface area contributed by atoms with Gasteiger partial charge < -0.3 is 15.0 Å². The van der Waals surface area contributed by atoms with E-state index in [0.717, 1.165) is 30.2 Å². The minimum atomic E-state index is -3.75. The number of nitrogens with one attached hydrogen (secondary N) is 1. The van der Waals surface area contributed by atoms with Crippen LogP contribution < -0.4 is 10.2 Å². The highest BCUT2D eigenvalue weighted by molar-refractivity contribution is 7.89. The summed E-state index contributed by atoms with van der Waals surface area (Å²) in [5.41, 5.74) is 0.715. The van der Waals surface area contributed by atoms with E-state index in [4.69, 9.17) is 4.74 Å². The largest absolute Gasteiger partial charge is 0.449 e. The van der Waals surface area contributed by atoms with E-state index in [2.05, 4.69) is 10.4 Å². The molecule has 0 spiro atoms. The van der Waals surface area contributed by atoms with Crippen molar-refractivity contribution in [2.45, 2.75) is 50.7 Å². The van der Waals surface area contributed by atoms with Crippen molar-refractivity contribution < 1.29 is 22.7 Å². The van der Waals surface area contributed by atoms with Gasteiger partial charge in [-0.15, -0.1) is 0 Å². The summed E-state index contributed by atoms with van der Waals surface area (Å²) >= 11 is 0. The van der Waals surface area contributed by atoms with Gasteiger partial charge in [-0.1, -0.05) is 0 Å². The van der Waals surface area contributed by atoms with E-state index in [-0.39, 0.29) is 16.5 Å². The van der Waals surface area contributed by atoms with Gasteiger partial charge in [0, 0.05) is 39.3 Å². The van der Waals surface area contributed by atoms with Crippen molar-refractivity contribution in [3.63, 3.8) is 0 Å². The number of anilines is 2. The third-order valence-electron chi connectivity index (χ3n) is 5.48. The highest BCUT2D eigenvalue weighted by Crippen LogP contribution is 2.29. The van der Waals surface area contributed by atoms with E-state index in [1.54, 1.807) is 23.0 Å². The standard InChI is InChI=1S/C22H31N5O5S/c1-15(2)27-20(10-11-23-27)24-21(28)16(3)32-22(29)18-14-17(33(30,31)25(4)5)8-9-19(18)26-12-6-7-13-26/h8-11,14-16H,6-7,12-13H2,1-5H3,(H,24,28)/t16-/m1/s1. The zero-order chi connectivity index (χ0) is 24.3. The highest BCUT2D eigenvalue weighted by Gasteiger charge is 2.27. The molecule has 1 aromatic heterocycles. The van der Waals surface area contributed by atoms with E-state index in [1.807, 2.05) is 18.7 Å². The molecule has 0 bridgehead atoms. The Morgan fingerprint density at radius 2 is 1.79 bits per heavy atom. The number of rotatable bonds is 8. The molecule has 1 aliphatic rings. The molecule has 0 unspecified atom stereocenters. The predicted molar refractivity (Wildman–Crippen MR) is 125 cm³/mol. The molecule has 3 rings (SSSR count). The molecule has 1 aromatic carbocycles. The molecule has 0 radical (unpaired) electrons. The average Bonchev–Trinajstić information content (AvgIpc) is 3.45. The Labute approximate surface area is 194 Å². The van der Waals surface area contributed by atoms with Crippen molar-refractivity contribution in [1.29, 1.82) is 0 Å². The predicted octanol–water partition coefficient (Wildman–Crippen LogP) is 2.50. The van der Waals surface area contributed by atoms with Crippen molar-refractivity contribution in [3.8, 4) is 0 Å². The second-order valence-corrected chi connectivity index (χ2v) is 10.6. The Kier molecular flexibility index (Phi) is 7.43. The van der Waals surface area contributed by atoms with Gasteiger partial charge >= 0.3 is 5.97 Å². The van der Waals surface area contributed by atoms with Gasteiger partial charge in [0.25, 0.3) is 5.91 Å². The van der Waals surface area contributed by atoms with Gasteiger partial charge in [0.1, 0.15) is 5.82 Å². The number of nitrogens with zero attached hydrogens (tertiary/aromatic N) is 4. The molecule has 180 valence electrons. The smallest absolute Gasteiger partial charge is 0.341 e. The van der Waals surface area contributed by atoms with Crippen LogP contribution in [0.4, 0.5) is 11.5 Å². The first-order chi connectivity index (χ1) is 15.5. The molecule has 1 saturated heterocycles. The summed E-state index contributed by atoms with van der Waals surface area (Å²) in [7, 11) is -0.894. The summed E-state index contributed by atoms with van der Waals surface area (Å²) in [4.78, 5) is 27.8. The van der Waals surface area contributed by atoms with Crippen LogP contribution in [-0.2, 0) is 19.6 Å². The Balaban J connectivity index is 1.84. The van der Waals surface area contributed by atoms with E-state index in [0.29, 0.717) is 11.5 Å². The number of aromatic nitrogens is 2. The third-order valence-corrected chi connectivity index (χ3v) is 7.29. The molecule has 33 heavy (non-hydrogen) atoms. The molecule has 1 fully saturated rings. The molecule has 10 nitrogen and oxygen atoms in total. The van der Waals surface area contributed by atoms with Crippen LogP contribution in [0.15, 0.2) is 35.4 Å². The quantitative estimate of drug-likeness (QED) is 0.581. The molecule has 1 atom stereocenters.